The van der Waals surface area contributed by atoms with Crippen molar-refractivity contribution in [3.05, 3.63) is 59.7 Å². The fourth-order valence-corrected chi connectivity index (χ4v) is 4.01. The Morgan fingerprint density at radius 1 is 1.11 bits per heavy atom. The number of aliphatic hydroxyl groups is 1. The van der Waals surface area contributed by atoms with Crippen LogP contribution in [-0.2, 0) is 13.2 Å². The molecule has 0 aliphatic rings. The standard InChI is InChI=1S/C14H11ClI2O2/c15-11-4-2-1-3-10(11)8-19-14-12(16)5-9(7-18)6-13(14)17/h1-6,18H,7-8H2. The van der Waals surface area contributed by atoms with Crippen molar-refractivity contribution in [3.8, 4) is 5.75 Å². The molecule has 100 valence electrons. The van der Waals surface area contributed by atoms with Gasteiger partial charge in [0.05, 0.1) is 13.7 Å². The fraction of sp³-hybridized carbons (Fsp3) is 0.143. The van der Waals surface area contributed by atoms with Gasteiger partial charge in [0.15, 0.2) is 0 Å². The van der Waals surface area contributed by atoms with Crippen LogP contribution in [0.4, 0.5) is 0 Å². The third kappa shape index (κ3) is 3.96. The maximum absolute atomic E-state index is 9.16. The normalized spacial score (nSPS) is 10.5. The van der Waals surface area contributed by atoms with Crippen molar-refractivity contribution in [1.29, 1.82) is 0 Å². The van der Waals surface area contributed by atoms with Gasteiger partial charge in [0.2, 0.25) is 0 Å². The van der Waals surface area contributed by atoms with Gasteiger partial charge in [0, 0.05) is 10.6 Å². The number of hydrogen-bond acceptors (Lipinski definition) is 2. The molecule has 5 heteroatoms. The molecule has 2 aromatic rings. The van der Waals surface area contributed by atoms with Gasteiger partial charge in [-0.1, -0.05) is 29.8 Å². The van der Waals surface area contributed by atoms with E-state index in [1.807, 2.05) is 36.4 Å². The number of benzene rings is 2. The molecule has 0 amide bonds. The molecule has 0 saturated carbocycles. The van der Waals surface area contributed by atoms with Gasteiger partial charge in [-0.3, -0.25) is 0 Å². The Balaban J connectivity index is 2.18. The summed E-state index contributed by atoms with van der Waals surface area (Å²) >= 11 is 10.5. The van der Waals surface area contributed by atoms with Gasteiger partial charge in [-0.25, -0.2) is 0 Å². The smallest absolute Gasteiger partial charge is 0.146 e. The Kier molecular flexibility index (Phi) is 5.73. The van der Waals surface area contributed by atoms with Crippen molar-refractivity contribution >= 4 is 56.8 Å². The molecule has 0 atom stereocenters. The maximum Gasteiger partial charge on any atom is 0.146 e. The average Bonchev–Trinajstić information content (AvgIpc) is 2.39. The lowest BCUT2D eigenvalue weighted by Crippen LogP contribution is -2.00. The monoisotopic (exact) mass is 500 g/mol. The first-order valence-corrected chi connectivity index (χ1v) is 8.10. The minimum absolute atomic E-state index is 0.0385. The molecule has 0 radical (unpaired) electrons. The van der Waals surface area contributed by atoms with Crippen molar-refractivity contribution in [2.45, 2.75) is 13.2 Å². The van der Waals surface area contributed by atoms with Crippen molar-refractivity contribution in [2.75, 3.05) is 0 Å². The minimum Gasteiger partial charge on any atom is -0.487 e. The first-order valence-electron chi connectivity index (χ1n) is 5.57. The van der Waals surface area contributed by atoms with Crippen LogP contribution in [0.5, 0.6) is 5.75 Å². The zero-order chi connectivity index (χ0) is 13.8. The molecular weight excluding hydrogens is 489 g/mol. The summed E-state index contributed by atoms with van der Waals surface area (Å²) in [5.74, 6) is 0.832. The van der Waals surface area contributed by atoms with Gasteiger partial charge in [0.25, 0.3) is 0 Å². The quantitative estimate of drug-likeness (QED) is 0.621. The lowest BCUT2D eigenvalue weighted by Gasteiger charge is -2.12. The molecule has 0 unspecified atom stereocenters. The van der Waals surface area contributed by atoms with Crippen LogP contribution >= 0.6 is 56.8 Å². The van der Waals surface area contributed by atoms with E-state index in [0.717, 1.165) is 24.0 Å². The molecule has 0 saturated heterocycles. The van der Waals surface area contributed by atoms with Crippen LogP contribution in [0.15, 0.2) is 36.4 Å². The molecule has 0 fully saturated rings. The lowest BCUT2D eigenvalue weighted by atomic mass is 10.2. The van der Waals surface area contributed by atoms with E-state index in [1.54, 1.807) is 0 Å². The summed E-state index contributed by atoms with van der Waals surface area (Å²) in [6.45, 7) is 0.473. The second-order valence-corrected chi connectivity index (χ2v) is 6.66. The van der Waals surface area contributed by atoms with Gasteiger partial charge < -0.3 is 9.84 Å². The van der Waals surface area contributed by atoms with Gasteiger partial charge in [0.1, 0.15) is 12.4 Å². The zero-order valence-electron chi connectivity index (χ0n) is 9.87. The Labute approximate surface area is 144 Å². The molecule has 0 heterocycles. The van der Waals surface area contributed by atoms with E-state index >= 15 is 0 Å². The highest BCUT2D eigenvalue weighted by molar-refractivity contribution is 14.1. The second kappa shape index (κ2) is 7.10. The average molecular weight is 501 g/mol. The Morgan fingerprint density at radius 3 is 2.32 bits per heavy atom. The predicted molar refractivity (Wildman–Crippen MR) is 93.6 cm³/mol. The first-order chi connectivity index (χ1) is 9.11. The summed E-state index contributed by atoms with van der Waals surface area (Å²) in [7, 11) is 0. The highest BCUT2D eigenvalue weighted by Gasteiger charge is 2.09. The van der Waals surface area contributed by atoms with Gasteiger partial charge in [-0.2, -0.15) is 0 Å². The van der Waals surface area contributed by atoms with E-state index in [1.165, 1.54) is 0 Å². The lowest BCUT2D eigenvalue weighted by molar-refractivity contribution is 0.280. The molecule has 2 rings (SSSR count). The zero-order valence-corrected chi connectivity index (χ0v) is 14.9. The van der Waals surface area contributed by atoms with Crippen LogP contribution in [0.2, 0.25) is 5.02 Å². The molecule has 2 nitrogen and oxygen atoms in total. The molecule has 1 N–H and O–H groups in total. The van der Waals surface area contributed by atoms with Crippen LogP contribution in [0.1, 0.15) is 11.1 Å². The summed E-state index contributed by atoms with van der Waals surface area (Å²) < 4.78 is 7.83. The van der Waals surface area contributed by atoms with Crippen LogP contribution in [0.25, 0.3) is 0 Å². The molecule has 0 aliphatic carbocycles. The third-order valence-electron chi connectivity index (χ3n) is 2.57. The SMILES string of the molecule is OCc1cc(I)c(OCc2ccccc2Cl)c(I)c1. The van der Waals surface area contributed by atoms with Gasteiger partial charge in [-0.15, -0.1) is 0 Å². The summed E-state index contributed by atoms with van der Waals surface area (Å²) in [6, 6.07) is 11.5. The predicted octanol–water partition coefficient (Wildman–Crippen LogP) is 4.62. The molecule has 0 bridgehead atoms. The van der Waals surface area contributed by atoms with Gasteiger partial charge in [-0.05, 0) is 68.9 Å². The van der Waals surface area contributed by atoms with E-state index in [2.05, 4.69) is 45.2 Å². The molecule has 0 aromatic heterocycles. The fourth-order valence-electron chi connectivity index (χ4n) is 1.61. The Bertz CT molecular complexity index is 564. The Hall–Kier alpha value is -0.0500. The van der Waals surface area contributed by atoms with Crippen molar-refractivity contribution in [2.24, 2.45) is 0 Å². The van der Waals surface area contributed by atoms with Crippen molar-refractivity contribution in [1.82, 2.24) is 0 Å². The van der Waals surface area contributed by atoms with Crippen LogP contribution in [0.3, 0.4) is 0 Å². The number of ether oxygens (including phenoxy) is 1. The van der Waals surface area contributed by atoms with Crippen molar-refractivity contribution in [3.63, 3.8) is 0 Å². The number of aliphatic hydroxyl groups excluding tert-OH is 1. The van der Waals surface area contributed by atoms with Crippen LogP contribution in [0, 0.1) is 7.14 Å². The van der Waals surface area contributed by atoms with Crippen LogP contribution < -0.4 is 4.74 Å². The second-order valence-electron chi connectivity index (χ2n) is 3.93. The summed E-state index contributed by atoms with van der Waals surface area (Å²) in [5, 5.41) is 9.86. The number of rotatable bonds is 4. The number of halogens is 3. The molecule has 2 aromatic carbocycles. The molecule has 0 spiro atoms. The molecule has 19 heavy (non-hydrogen) atoms. The van der Waals surface area contributed by atoms with E-state index in [-0.39, 0.29) is 6.61 Å². The van der Waals surface area contributed by atoms with Crippen molar-refractivity contribution < 1.29 is 9.84 Å². The molecule has 0 aliphatic heterocycles. The largest absolute Gasteiger partial charge is 0.487 e. The number of hydrogen-bond donors (Lipinski definition) is 1. The summed E-state index contributed by atoms with van der Waals surface area (Å²) in [6.07, 6.45) is 0. The summed E-state index contributed by atoms with van der Waals surface area (Å²) in [4.78, 5) is 0. The van der Waals surface area contributed by atoms with Crippen LogP contribution in [-0.4, -0.2) is 5.11 Å². The highest BCUT2D eigenvalue weighted by atomic mass is 127. The topological polar surface area (TPSA) is 29.5 Å². The molecular formula is C14H11ClI2O2. The van der Waals surface area contributed by atoms with E-state index in [0.29, 0.717) is 11.6 Å². The van der Waals surface area contributed by atoms with Gasteiger partial charge >= 0.3 is 0 Å². The first kappa shape index (κ1) is 15.3. The summed E-state index contributed by atoms with van der Waals surface area (Å²) in [5.41, 5.74) is 1.85. The third-order valence-corrected chi connectivity index (χ3v) is 4.54. The van der Waals surface area contributed by atoms with E-state index < -0.39 is 0 Å². The van der Waals surface area contributed by atoms with E-state index in [4.69, 9.17) is 21.4 Å². The highest BCUT2D eigenvalue weighted by Crippen LogP contribution is 2.30. The van der Waals surface area contributed by atoms with E-state index in [9.17, 15) is 0 Å². The Morgan fingerprint density at radius 2 is 1.74 bits per heavy atom. The maximum atomic E-state index is 9.16. The minimum atomic E-state index is 0.0385.